The highest BCUT2D eigenvalue weighted by atomic mass is 35.5. The number of nitrogens with zero attached hydrogens (tertiary/aromatic N) is 2. The number of halogens is 2. The van der Waals surface area contributed by atoms with E-state index in [9.17, 15) is 13.2 Å². The third-order valence-corrected chi connectivity index (χ3v) is 4.82. The van der Waals surface area contributed by atoms with E-state index in [4.69, 9.17) is 23.2 Å². The van der Waals surface area contributed by atoms with Crippen LogP contribution in [0.3, 0.4) is 0 Å². The summed E-state index contributed by atoms with van der Waals surface area (Å²) in [6, 6.07) is 2.94. The molecule has 1 aliphatic rings. The van der Waals surface area contributed by atoms with Crippen molar-refractivity contribution < 1.29 is 13.2 Å². The van der Waals surface area contributed by atoms with Crippen molar-refractivity contribution in [2.24, 2.45) is 5.92 Å². The molecule has 8 heteroatoms. The Hall–Kier alpha value is -0.850. The molecule has 0 aliphatic carbocycles. The lowest BCUT2D eigenvalue weighted by molar-refractivity contribution is 0.0684. The molecule has 1 atom stereocenters. The highest BCUT2D eigenvalue weighted by molar-refractivity contribution is 7.90. The molecule has 1 aliphatic heterocycles. The monoisotopic (exact) mass is 350 g/mol. The van der Waals surface area contributed by atoms with Crippen molar-refractivity contribution in [2.75, 3.05) is 25.1 Å². The molecule has 0 radical (unpaired) electrons. The molecule has 2 rings (SSSR count). The van der Waals surface area contributed by atoms with Gasteiger partial charge in [-0.05, 0) is 30.9 Å². The molecule has 1 unspecified atom stereocenters. The average molecular weight is 351 g/mol. The zero-order chi connectivity index (χ0) is 15.6. The summed E-state index contributed by atoms with van der Waals surface area (Å²) in [6.07, 6.45) is 2.82. The van der Waals surface area contributed by atoms with Crippen LogP contribution in [0.1, 0.15) is 23.2 Å². The van der Waals surface area contributed by atoms with E-state index < -0.39 is 9.84 Å². The molecule has 1 amide bonds. The first-order valence-corrected chi connectivity index (χ1v) is 9.36. The van der Waals surface area contributed by atoms with E-state index in [-0.39, 0.29) is 27.9 Å². The van der Waals surface area contributed by atoms with Crippen molar-refractivity contribution in [1.82, 2.24) is 9.88 Å². The van der Waals surface area contributed by atoms with Crippen molar-refractivity contribution in [3.63, 3.8) is 0 Å². The van der Waals surface area contributed by atoms with Crippen molar-refractivity contribution in [3.8, 4) is 0 Å². The Labute approximate surface area is 134 Å². The summed E-state index contributed by atoms with van der Waals surface area (Å²) in [5, 5.41) is 0.325. The number of rotatable bonds is 3. The molecule has 0 bridgehead atoms. The molecule has 1 saturated heterocycles. The summed E-state index contributed by atoms with van der Waals surface area (Å²) >= 11 is 11.6. The number of aromatic nitrogens is 1. The van der Waals surface area contributed by atoms with Crippen molar-refractivity contribution in [1.29, 1.82) is 0 Å². The van der Waals surface area contributed by atoms with Crippen molar-refractivity contribution >= 4 is 38.9 Å². The van der Waals surface area contributed by atoms with Gasteiger partial charge in [-0.25, -0.2) is 13.4 Å². The Morgan fingerprint density at radius 1 is 1.38 bits per heavy atom. The number of piperidine rings is 1. The van der Waals surface area contributed by atoms with E-state index in [1.165, 1.54) is 18.4 Å². The predicted octanol–water partition coefficient (Wildman–Crippen LogP) is 2.29. The zero-order valence-electron chi connectivity index (χ0n) is 11.6. The number of hydrogen-bond donors (Lipinski definition) is 0. The SMILES string of the molecule is CS(=O)(=O)CC1CCCN(C(=O)c2cc(Cl)nc(Cl)c2)C1. The van der Waals surface area contributed by atoms with E-state index in [2.05, 4.69) is 4.98 Å². The maximum Gasteiger partial charge on any atom is 0.254 e. The van der Waals surface area contributed by atoms with Crippen LogP contribution in [0.2, 0.25) is 10.3 Å². The van der Waals surface area contributed by atoms with Crippen LogP contribution in [0.15, 0.2) is 12.1 Å². The van der Waals surface area contributed by atoms with Gasteiger partial charge in [0.05, 0.1) is 5.75 Å². The summed E-state index contributed by atoms with van der Waals surface area (Å²) < 4.78 is 22.8. The second-order valence-corrected chi connectivity index (χ2v) is 8.31. The molecule has 1 aromatic heterocycles. The molecule has 21 heavy (non-hydrogen) atoms. The van der Waals surface area contributed by atoms with Gasteiger partial charge in [0.25, 0.3) is 5.91 Å². The second-order valence-electron chi connectivity index (χ2n) is 5.35. The van der Waals surface area contributed by atoms with Crippen LogP contribution < -0.4 is 0 Å². The lowest BCUT2D eigenvalue weighted by atomic mass is 9.99. The third kappa shape index (κ3) is 4.83. The molecule has 2 heterocycles. The first kappa shape index (κ1) is 16.5. The summed E-state index contributed by atoms with van der Waals surface area (Å²) in [6.45, 7) is 1.04. The number of carbonyl (C=O) groups is 1. The number of sulfone groups is 1. The quantitative estimate of drug-likeness (QED) is 0.784. The topological polar surface area (TPSA) is 67.3 Å². The van der Waals surface area contributed by atoms with Gasteiger partial charge in [0.15, 0.2) is 0 Å². The van der Waals surface area contributed by atoms with Crippen molar-refractivity contribution in [3.05, 3.63) is 28.0 Å². The third-order valence-electron chi connectivity index (χ3n) is 3.35. The minimum atomic E-state index is -3.04. The maximum atomic E-state index is 12.4. The van der Waals surface area contributed by atoms with Gasteiger partial charge in [0, 0.05) is 24.9 Å². The van der Waals surface area contributed by atoms with Crippen LogP contribution in [0, 0.1) is 5.92 Å². The molecule has 116 valence electrons. The van der Waals surface area contributed by atoms with Crippen LogP contribution in [0.25, 0.3) is 0 Å². The van der Waals surface area contributed by atoms with Crippen LogP contribution in [-0.4, -0.2) is 49.3 Å². The van der Waals surface area contributed by atoms with Gasteiger partial charge in [-0.1, -0.05) is 23.2 Å². The number of likely N-dealkylation sites (tertiary alicyclic amines) is 1. The second kappa shape index (κ2) is 6.50. The van der Waals surface area contributed by atoms with Crippen molar-refractivity contribution in [2.45, 2.75) is 12.8 Å². The molecule has 0 spiro atoms. The van der Waals surface area contributed by atoms with E-state index >= 15 is 0 Å². The van der Waals surface area contributed by atoms with Crippen LogP contribution in [0.5, 0.6) is 0 Å². The van der Waals surface area contributed by atoms with Gasteiger partial charge >= 0.3 is 0 Å². The fourth-order valence-corrected chi connectivity index (χ4v) is 4.17. The summed E-state index contributed by atoms with van der Waals surface area (Å²) in [5.74, 6) is -0.112. The van der Waals surface area contributed by atoms with Crippen LogP contribution >= 0.6 is 23.2 Å². The van der Waals surface area contributed by atoms with Gasteiger partial charge in [-0.2, -0.15) is 0 Å². The van der Waals surface area contributed by atoms with E-state index in [1.54, 1.807) is 4.90 Å². The molecular weight excluding hydrogens is 335 g/mol. The predicted molar refractivity (Wildman–Crippen MR) is 82.6 cm³/mol. The Morgan fingerprint density at radius 2 is 2.00 bits per heavy atom. The number of amides is 1. The first-order chi connectivity index (χ1) is 9.74. The highest BCUT2D eigenvalue weighted by Crippen LogP contribution is 2.22. The first-order valence-electron chi connectivity index (χ1n) is 6.55. The fourth-order valence-electron chi connectivity index (χ4n) is 2.58. The largest absolute Gasteiger partial charge is 0.338 e. The van der Waals surface area contributed by atoms with E-state index in [0.29, 0.717) is 18.7 Å². The molecule has 1 aromatic rings. The maximum absolute atomic E-state index is 12.4. The Kier molecular flexibility index (Phi) is 5.11. The van der Waals surface area contributed by atoms with Gasteiger partial charge in [0.2, 0.25) is 0 Å². The summed E-state index contributed by atoms with van der Waals surface area (Å²) in [7, 11) is -3.04. The molecule has 1 fully saturated rings. The normalized spacial score (nSPS) is 19.6. The average Bonchev–Trinajstić information content (AvgIpc) is 2.35. The Bertz CT molecular complexity index is 629. The van der Waals surface area contributed by atoms with Crippen LogP contribution in [0.4, 0.5) is 0 Å². The lowest BCUT2D eigenvalue weighted by Gasteiger charge is -2.32. The summed E-state index contributed by atoms with van der Waals surface area (Å²) in [4.78, 5) is 17.9. The highest BCUT2D eigenvalue weighted by Gasteiger charge is 2.27. The number of carbonyl (C=O) groups excluding carboxylic acids is 1. The molecule has 5 nitrogen and oxygen atoms in total. The van der Waals surface area contributed by atoms with E-state index in [0.717, 1.165) is 12.8 Å². The minimum Gasteiger partial charge on any atom is -0.338 e. The zero-order valence-corrected chi connectivity index (χ0v) is 13.9. The Balaban J connectivity index is 2.12. The standard InChI is InChI=1S/C13H16Cl2N2O3S/c1-21(19,20)8-9-3-2-4-17(7-9)13(18)10-5-11(14)16-12(15)6-10/h5-6,9H,2-4,7-8H2,1H3. The summed E-state index contributed by atoms with van der Waals surface area (Å²) in [5.41, 5.74) is 0.375. The smallest absolute Gasteiger partial charge is 0.254 e. The molecule has 0 saturated carbocycles. The lowest BCUT2D eigenvalue weighted by Crippen LogP contribution is -2.41. The molecule has 0 N–H and O–H groups in total. The van der Waals surface area contributed by atoms with Gasteiger partial charge in [0.1, 0.15) is 20.1 Å². The van der Waals surface area contributed by atoms with Gasteiger partial charge in [-0.3, -0.25) is 4.79 Å². The van der Waals surface area contributed by atoms with Gasteiger partial charge in [-0.15, -0.1) is 0 Å². The van der Waals surface area contributed by atoms with Gasteiger partial charge < -0.3 is 4.90 Å². The minimum absolute atomic E-state index is 0.0227. The fraction of sp³-hybridized carbons (Fsp3) is 0.538. The molecular formula is C13H16Cl2N2O3S. The van der Waals surface area contributed by atoms with Crippen LogP contribution in [-0.2, 0) is 9.84 Å². The Morgan fingerprint density at radius 3 is 2.57 bits per heavy atom. The molecule has 0 aromatic carbocycles. The number of hydrogen-bond acceptors (Lipinski definition) is 4. The number of pyridine rings is 1. The van der Waals surface area contributed by atoms with E-state index in [1.807, 2.05) is 0 Å².